The van der Waals surface area contributed by atoms with E-state index in [1.807, 2.05) is 0 Å². The van der Waals surface area contributed by atoms with E-state index in [1.165, 1.54) is 0 Å². The zero-order chi connectivity index (χ0) is 15.1. The lowest BCUT2D eigenvalue weighted by Crippen LogP contribution is -2.60. The van der Waals surface area contributed by atoms with Crippen LogP contribution in [-0.2, 0) is 19.1 Å². The molecule has 1 spiro atoms. The van der Waals surface area contributed by atoms with E-state index in [0.717, 1.165) is 24.2 Å². The first-order valence-corrected chi connectivity index (χ1v) is 7.71. The van der Waals surface area contributed by atoms with Crippen molar-refractivity contribution >= 4 is 17.8 Å². The van der Waals surface area contributed by atoms with Crippen molar-refractivity contribution in [1.82, 2.24) is 4.90 Å². The molecular formula is C15H21NO5. The Morgan fingerprint density at radius 1 is 1.05 bits per heavy atom. The van der Waals surface area contributed by atoms with Gasteiger partial charge in [-0.3, -0.25) is 14.5 Å². The SMILES string of the molecule is O=C1CC2(CCCCC2)C(=O)N1C1(C(=O)O)CCOCC1. The Kier molecular flexibility index (Phi) is 3.51. The number of amides is 2. The highest BCUT2D eigenvalue weighted by Crippen LogP contribution is 2.48. The van der Waals surface area contributed by atoms with Crippen molar-refractivity contribution in [3.8, 4) is 0 Å². The summed E-state index contributed by atoms with van der Waals surface area (Å²) in [4.78, 5) is 38.3. The predicted octanol–water partition coefficient (Wildman–Crippen LogP) is 1.33. The molecule has 0 radical (unpaired) electrons. The molecule has 1 saturated carbocycles. The molecule has 2 aliphatic heterocycles. The van der Waals surface area contributed by atoms with Gasteiger partial charge in [-0.15, -0.1) is 0 Å². The third-order valence-corrected chi connectivity index (χ3v) is 5.35. The van der Waals surface area contributed by atoms with Crippen LogP contribution >= 0.6 is 0 Å². The van der Waals surface area contributed by atoms with Gasteiger partial charge in [0.25, 0.3) is 0 Å². The Bertz CT molecular complexity index is 474. The highest BCUT2D eigenvalue weighted by Gasteiger charge is 2.60. The number of ether oxygens (including phenoxy) is 1. The number of carbonyl (C=O) groups excluding carboxylic acids is 2. The van der Waals surface area contributed by atoms with E-state index < -0.39 is 16.9 Å². The van der Waals surface area contributed by atoms with E-state index in [-0.39, 0.29) is 44.3 Å². The molecule has 0 atom stereocenters. The molecule has 3 rings (SSSR count). The molecule has 0 bridgehead atoms. The van der Waals surface area contributed by atoms with Gasteiger partial charge in [-0.25, -0.2) is 4.79 Å². The monoisotopic (exact) mass is 295 g/mol. The van der Waals surface area contributed by atoms with Gasteiger partial charge in [0, 0.05) is 32.5 Å². The average Bonchev–Trinajstić information content (AvgIpc) is 2.71. The Morgan fingerprint density at radius 2 is 1.67 bits per heavy atom. The number of nitrogens with zero attached hydrogens (tertiary/aromatic N) is 1. The molecule has 2 saturated heterocycles. The number of carboxylic acid groups (broad SMARTS) is 1. The molecular weight excluding hydrogens is 274 g/mol. The first-order valence-electron chi connectivity index (χ1n) is 7.71. The van der Waals surface area contributed by atoms with Crippen molar-refractivity contribution in [1.29, 1.82) is 0 Å². The van der Waals surface area contributed by atoms with Crippen molar-refractivity contribution in [2.75, 3.05) is 13.2 Å². The van der Waals surface area contributed by atoms with Crippen LogP contribution in [0.4, 0.5) is 0 Å². The molecule has 0 aromatic heterocycles. The molecule has 6 nitrogen and oxygen atoms in total. The maximum absolute atomic E-state index is 12.9. The number of imide groups is 1. The molecule has 0 aromatic carbocycles. The summed E-state index contributed by atoms with van der Waals surface area (Å²) in [6.45, 7) is 0.548. The van der Waals surface area contributed by atoms with Gasteiger partial charge in [0.05, 0.1) is 5.41 Å². The van der Waals surface area contributed by atoms with Gasteiger partial charge in [0.1, 0.15) is 0 Å². The van der Waals surface area contributed by atoms with Crippen LogP contribution in [0.1, 0.15) is 51.4 Å². The summed E-state index contributed by atoms with van der Waals surface area (Å²) < 4.78 is 5.23. The first-order chi connectivity index (χ1) is 10.0. The average molecular weight is 295 g/mol. The van der Waals surface area contributed by atoms with Gasteiger partial charge in [0.2, 0.25) is 11.8 Å². The Morgan fingerprint density at radius 3 is 2.24 bits per heavy atom. The summed E-state index contributed by atoms with van der Waals surface area (Å²) in [5.41, 5.74) is -2.02. The van der Waals surface area contributed by atoms with Crippen LogP contribution in [-0.4, -0.2) is 46.5 Å². The molecule has 2 amide bonds. The van der Waals surface area contributed by atoms with Crippen LogP contribution in [0.25, 0.3) is 0 Å². The minimum Gasteiger partial charge on any atom is -0.479 e. The number of aliphatic carboxylic acids is 1. The van der Waals surface area contributed by atoms with E-state index in [1.54, 1.807) is 0 Å². The summed E-state index contributed by atoms with van der Waals surface area (Å²) in [6.07, 6.45) is 4.95. The van der Waals surface area contributed by atoms with E-state index in [4.69, 9.17) is 4.74 Å². The van der Waals surface area contributed by atoms with Crippen molar-refractivity contribution in [2.24, 2.45) is 5.41 Å². The summed E-state index contributed by atoms with van der Waals surface area (Å²) >= 11 is 0. The zero-order valence-corrected chi connectivity index (χ0v) is 12.1. The van der Waals surface area contributed by atoms with Crippen LogP contribution in [0.5, 0.6) is 0 Å². The van der Waals surface area contributed by atoms with E-state index in [9.17, 15) is 19.5 Å². The quantitative estimate of drug-likeness (QED) is 0.777. The molecule has 3 fully saturated rings. The number of hydrogen-bond donors (Lipinski definition) is 1. The predicted molar refractivity (Wildman–Crippen MR) is 72.4 cm³/mol. The third-order valence-electron chi connectivity index (χ3n) is 5.35. The Labute approximate surface area is 123 Å². The van der Waals surface area contributed by atoms with Crippen molar-refractivity contribution in [3.05, 3.63) is 0 Å². The van der Waals surface area contributed by atoms with Crippen LogP contribution in [0.2, 0.25) is 0 Å². The summed E-state index contributed by atoms with van der Waals surface area (Å²) in [7, 11) is 0. The number of likely N-dealkylation sites (tertiary alicyclic amines) is 1. The standard InChI is InChI=1S/C15H21NO5/c17-11-10-14(4-2-1-3-5-14)12(18)16(11)15(13(19)20)6-8-21-9-7-15/h1-10H2,(H,19,20). The smallest absolute Gasteiger partial charge is 0.330 e. The molecule has 1 N–H and O–H groups in total. The lowest BCUT2D eigenvalue weighted by Gasteiger charge is -2.41. The van der Waals surface area contributed by atoms with Gasteiger partial charge < -0.3 is 9.84 Å². The van der Waals surface area contributed by atoms with Crippen molar-refractivity contribution < 1.29 is 24.2 Å². The number of carbonyl (C=O) groups is 3. The molecule has 2 heterocycles. The third kappa shape index (κ3) is 2.08. The van der Waals surface area contributed by atoms with Crippen LogP contribution in [0.3, 0.4) is 0 Å². The van der Waals surface area contributed by atoms with Gasteiger partial charge in [-0.2, -0.15) is 0 Å². The van der Waals surface area contributed by atoms with Crippen LogP contribution in [0.15, 0.2) is 0 Å². The molecule has 1 aliphatic carbocycles. The lowest BCUT2D eigenvalue weighted by molar-refractivity contribution is -0.170. The lowest BCUT2D eigenvalue weighted by atomic mass is 9.72. The molecule has 116 valence electrons. The summed E-state index contributed by atoms with van der Waals surface area (Å²) in [6, 6.07) is 0. The maximum Gasteiger partial charge on any atom is 0.330 e. The Balaban J connectivity index is 1.95. The van der Waals surface area contributed by atoms with Crippen LogP contribution in [0, 0.1) is 5.41 Å². The normalized spacial score (nSPS) is 28.1. The van der Waals surface area contributed by atoms with Gasteiger partial charge >= 0.3 is 5.97 Å². The fourth-order valence-corrected chi connectivity index (χ4v) is 4.09. The number of carboxylic acids is 1. The molecule has 6 heteroatoms. The fourth-order valence-electron chi connectivity index (χ4n) is 4.09. The number of hydrogen-bond acceptors (Lipinski definition) is 4. The summed E-state index contributed by atoms with van der Waals surface area (Å²) in [5.74, 6) is -1.65. The minimum absolute atomic E-state index is 0.182. The second-order valence-corrected chi connectivity index (χ2v) is 6.50. The molecule has 0 unspecified atom stereocenters. The second-order valence-electron chi connectivity index (χ2n) is 6.50. The summed E-state index contributed by atoms with van der Waals surface area (Å²) in [5, 5.41) is 9.67. The van der Waals surface area contributed by atoms with Crippen molar-refractivity contribution in [2.45, 2.75) is 56.9 Å². The van der Waals surface area contributed by atoms with Crippen molar-refractivity contribution in [3.63, 3.8) is 0 Å². The molecule has 3 aliphatic rings. The Hall–Kier alpha value is -1.43. The number of rotatable bonds is 2. The first kappa shape index (κ1) is 14.5. The largest absolute Gasteiger partial charge is 0.479 e. The van der Waals surface area contributed by atoms with Gasteiger partial charge in [-0.1, -0.05) is 19.3 Å². The van der Waals surface area contributed by atoms with E-state index in [0.29, 0.717) is 12.8 Å². The fraction of sp³-hybridized carbons (Fsp3) is 0.800. The van der Waals surface area contributed by atoms with E-state index in [2.05, 4.69) is 0 Å². The maximum atomic E-state index is 12.9. The molecule has 0 aromatic rings. The van der Waals surface area contributed by atoms with Gasteiger partial charge in [-0.05, 0) is 12.8 Å². The topological polar surface area (TPSA) is 83.9 Å². The molecule has 21 heavy (non-hydrogen) atoms. The zero-order valence-electron chi connectivity index (χ0n) is 12.1. The minimum atomic E-state index is -1.40. The van der Waals surface area contributed by atoms with Gasteiger partial charge in [0.15, 0.2) is 5.54 Å². The van der Waals surface area contributed by atoms with Crippen LogP contribution < -0.4 is 0 Å². The highest BCUT2D eigenvalue weighted by atomic mass is 16.5. The van der Waals surface area contributed by atoms with E-state index >= 15 is 0 Å². The highest BCUT2D eigenvalue weighted by molar-refractivity contribution is 6.09. The second kappa shape index (κ2) is 5.09.